The molecule has 1 aromatic rings. The average Bonchev–Trinajstić information content (AvgIpc) is 2.33. The summed E-state index contributed by atoms with van der Waals surface area (Å²) in [4.78, 5) is 11.7. The van der Waals surface area contributed by atoms with Crippen molar-refractivity contribution in [2.45, 2.75) is 13.8 Å². The second-order valence-electron chi connectivity index (χ2n) is 3.37. The van der Waals surface area contributed by atoms with Gasteiger partial charge in [-0.05, 0) is 25.5 Å². The number of carbonyl (C=O) groups is 1. The van der Waals surface area contributed by atoms with Crippen LogP contribution in [0, 0.1) is 18.3 Å². The van der Waals surface area contributed by atoms with E-state index in [1.54, 1.807) is 19.1 Å². The van der Waals surface area contributed by atoms with Gasteiger partial charge in [0.15, 0.2) is 5.57 Å². The highest BCUT2D eigenvalue weighted by molar-refractivity contribution is 6.06. The maximum Gasteiger partial charge on any atom is 0.269 e. The Hall–Kier alpha value is -2.28. The van der Waals surface area contributed by atoms with Gasteiger partial charge in [0, 0.05) is 5.69 Å². The molecule has 0 aliphatic carbocycles. The molecule has 0 bridgehead atoms. The Labute approximate surface area is 101 Å². The first-order chi connectivity index (χ1) is 8.19. The van der Waals surface area contributed by atoms with Gasteiger partial charge in [0.1, 0.15) is 12.3 Å². The van der Waals surface area contributed by atoms with Crippen LogP contribution >= 0.6 is 0 Å². The normalized spacial score (nSPS) is 10.5. The zero-order valence-electron chi connectivity index (χ0n) is 9.86. The van der Waals surface area contributed by atoms with Gasteiger partial charge in [-0.1, -0.05) is 18.2 Å². The molecule has 0 fully saturated rings. The fraction of sp³-hybridized carbons (Fsp3) is 0.231. The van der Waals surface area contributed by atoms with E-state index in [9.17, 15) is 4.79 Å². The van der Waals surface area contributed by atoms with Crippen molar-refractivity contribution >= 4 is 11.6 Å². The summed E-state index contributed by atoms with van der Waals surface area (Å²) in [6.07, 6.45) is 1.17. The van der Waals surface area contributed by atoms with Crippen molar-refractivity contribution in [3.05, 3.63) is 41.7 Å². The minimum absolute atomic E-state index is 0.0462. The molecule has 17 heavy (non-hydrogen) atoms. The van der Waals surface area contributed by atoms with Gasteiger partial charge in [-0.2, -0.15) is 5.26 Å². The number of rotatable bonds is 4. The van der Waals surface area contributed by atoms with E-state index in [1.165, 1.54) is 6.26 Å². The van der Waals surface area contributed by atoms with Gasteiger partial charge in [0.25, 0.3) is 5.91 Å². The maximum atomic E-state index is 11.7. The Morgan fingerprint density at radius 3 is 2.82 bits per heavy atom. The van der Waals surface area contributed by atoms with Gasteiger partial charge in [-0.25, -0.2) is 0 Å². The number of aryl methyl sites for hydroxylation is 1. The van der Waals surface area contributed by atoms with Crippen molar-refractivity contribution in [3.8, 4) is 6.07 Å². The van der Waals surface area contributed by atoms with E-state index in [2.05, 4.69) is 5.32 Å². The molecule has 0 spiro atoms. The number of anilines is 1. The third-order valence-corrected chi connectivity index (χ3v) is 2.13. The SMILES string of the molecule is CCOC=C(C#N)C(=O)Nc1ccccc1C. The van der Waals surface area contributed by atoms with E-state index in [4.69, 9.17) is 10.00 Å². The van der Waals surface area contributed by atoms with Crippen molar-refractivity contribution in [2.24, 2.45) is 0 Å². The quantitative estimate of drug-likeness (QED) is 0.490. The highest BCUT2D eigenvalue weighted by Crippen LogP contribution is 2.14. The first-order valence-electron chi connectivity index (χ1n) is 5.28. The standard InChI is InChI=1S/C13H14N2O2/c1-3-17-9-11(8-14)13(16)15-12-7-5-4-6-10(12)2/h4-7,9H,3H2,1-2H3,(H,15,16). The smallest absolute Gasteiger partial charge is 0.269 e. The van der Waals surface area contributed by atoms with E-state index in [0.29, 0.717) is 12.3 Å². The van der Waals surface area contributed by atoms with Crippen LogP contribution in [-0.4, -0.2) is 12.5 Å². The van der Waals surface area contributed by atoms with E-state index in [1.807, 2.05) is 25.1 Å². The number of nitrogens with zero attached hydrogens (tertiary/aromatic N) is 1. The third-order valence-electron chi connectivity index (χ3n) is 2.13. The minimum Gasteiger partial charge on any atom is -0.500 e. The van der Waals surface area contributed by atoms with Crippen molar-refractivity contribution in [1.29, 1.82) is 5.26 Å². The van der Waals surface area contributed by atoms with Gasteiger partial charge in [0.2, 0.25) is 0 Å². The number of para-hydroxylation sites is 1. The van der Waals surface area contributed by atoms with Gasteiger partial charge in [-0.15, -0.1) is 0 Å². The molecular weight excluding hydrogens is 216 g/mol. The summed E-state index contributed by atoms with van der Waals surface area (Å²) < 4.78 is 4.93. The Morgan fingerprint density at radius 2 is 2.24 bits per heavy atom. The number of hydrogen-bond donors (Lipinski definition) is 1. The fourth-order valence-corrected chi connectivity index (χ4v) is 1.20. The van der Waals surface area contributed by atoms with Crippen LogP contribution in [0.1, 0.15) is 12.5 Å². The summed E-state index contributed by atoms with van der Waals surface area (Å²) in [7, 11) is 0. The molecule has 88 valence electrons. The van der Waals surface area contributed by atoms with Crippen molar-refractivity contribution < 1.29 is 9.53 Å². The van der Waals surface area contributed by atoms with Crippen molar-refractivity contribution in [1.82, 2.24) is 0 Å². The second-order valence-corrected chi connectivity index (χ2v) is 3.37. The zero-order chi connectivity index (χ0) is 12.7. The molecule has 1 rings (SSSR count). The molecule has 1 N–H and O–H groups in total. The first-order valence-corrected chi connectivity index (χ1v) is 5.28. The molecule has 0 saturated heterocycles. The summed E-state index contributed by atoms with van der Waals surface area (Å²) >= 11 is 0. The molecule has 0 aromatic heterocycles. The third kappa shape index (κ3) is 3.65. The molecule has 4 nitrogen and oxygen atoms in total. The number of nitrogens with one attached hydrogen (secondary N) is 1. The van der Waals surface area contributed by atoms with Crippen molar-refractivity contribution in [3.63, 3.8) is 0 Å². The van der Waals surface area contributed by atoms with E-state index < -0.39 is 5.91 Å². The highest BCUT2D eigenvalue weighted by atomic mass is 16.5. The molecule has 0 unspecified atom stereocenters. The number of nitriles is 1. The predicted octanol–water partition coefficient (Wildman–Crippen LogP) is 2.38. The number of carbonyl (C=O) groups excluding carboxylic acids is 1. The molecule has 0 saturated carbocycles. The molecule has 0 aliphatic rings. The highest BCUT2D eigenvalue weighted by Gasteiger charge is 2.10. The first kappa shape index (κ1) is 12.8. The van der Waals surface area contributed by atoms with E-state index >= 15 is 0 Å². The van der Waals surface area contributed by atoms with Gasteiger partial charge in [-0.3, -0.25) is 4.79 Å². The Kier molecular flexibility index (Phi) is 4.77. The molecule has 0 radical (unpaired) electrons. The molecular formula is C13H14N2O2. The number of ether oxygens (including phenoxy) is 1. The van der Waals surface area contributed by atoms with Crippen molar-refractivity contribution in [2.75, 3.05) is 11.9 Å². The summed E-state index contributed by atoms with van der Waals surface area (Å²) in [5.74, 6) is -0.463. The lowest BCUT2D eigenvalue weighted by Gasteiger charge is -2.06. The predicted molar refractivity (Wildman–Crippen MR) is 65.1 cm³/mol. The van der Waals surface area contributed by atoms with Crippen LogP contribution in [-0.2, 0) is 9.53 Å². The van der Waals surface area contributed by atoms with Crippen LogP contribution in [0.5, 0.6) is 0 Å². The van der Waals surface area contributed by atoms with Crippen LogP contribution in [0.2, 0.25) is 0 Å². The largest absolute Gasteiger partial charge is 0.500 e. The molecule has 0 heterocycles. The lowest BCUT2D eigenvalue weighted by Crippen LogP contribution is -2.14. The van der Waals surface area contributed by atoms with Crippen LogP contribution in [0.25, 0.3) is 0 Å². The Balaban J connectivity index is 2.79. The topological polar surface area (TPSA) is 62.1 Å². The van der Waals surface area contributed by atoms with Gasteiger partial charge in [0.05, 0.1) is 6.61 Å². The summed E-state index contributed by atoms with van der Waals surface area (Å²) in [6.45, 7) is 4.08. The monoisotopic (exact) mass is 230 g/mol. The lowest BCUT2D eigenvalue weighted by molar-refractivity contribution is -0.112. The molecule has 4 heteroatoms. The van der Waals surface area contributed by atoms with Crippen LogP contribution in [0.4, 0.5) is 5.69 Å². The number of amides is 1. The second kappa shape index (κ2) is 6.33. The zero-order valence-corrected chi connectivity index (χ0v) is 9.86. The minimum atomic E-state index is -0.463. The molecule has 0 aliphatic heterocycles. The van der Waals surface area contributed by atoms with Gasteiger partial charge < -0.3 is 10.1 Å². The van der Waals surface area contributed by atoms with E-state index in [-0.39, 0.29) is 5.57 Å². The Bertz CT molecular complexity index is 473. The lowest BCUT2D eigenvalue weighted by atomic mass is 10.2. The fourth-order valence-electron chi connectivity index (χ4n) is 1.20. The summed E-state index contributed by atoms with van der Waals surface area (Å²) in [5, 5.41) is 11.5. The molecule has 1 aromatic carbocycles. The Morgan fingerprint density at radius 1 is 1.53 bits per heavy atom. The van der Waals surface area contributed by atoms with Crippen LogP contribution < -0.4 is 5.32 Å². The van der Waals surface area contributed by atoms with Gasteiger partial charge >= 0.3 is 0 Å². The number of hydrogen-bond acceptors (Lipinski definition) is 3. The van der Waals surface area contributed by atoms with Crippen LogP contribution in [0.15, 0.2) is 36.1 Å². The summed E-state index contributed by atoms with van der Waals surface area (Å²) in [6, 6.07) is 9.17. The average molecular weight is 230 g/mol. The van der Waals surface area contributed by atoms with E-state index in [0.717, 1.165) is 5.56 Å². The summed E-state index contributed by atoms with van der Waals surface area (Å²) in [5.41, 5.74) is 1.58. The molecule has 1 amide bonds. The molecule has 0 atom stereocenters. The van der Waals surface area contributed by atoms with Crippen LogP contribution in [0.3, 0.4) is 0 Å². The number of benzene rings is 1. The maximum absolute atomic E-state index is 11.7.